The highest BCUT2D eigenvalue weighted by Gasteiger charge is 2.01. The Morgan fingerprint density at radius 2 is 2.38 bits per heavy atom. The second kappa shape index (κ2) is 4.41. The van der Waals surface area contributed by atoms with E-state index in [9.17, 15) is 4.79 Å². The molecule has 0 unspecified atom stereocenters. The molecule has 0 aliphatic rings. The fourth-order valence-corrected chi connectivity index (χ4v) is 1.51. The molecule has 0 bridgehead atoms. The van der Waals surface area contributed by atoms with Gasteiger partial charge in [0.1, 0.15) is 11.8 Å². The molecular weight excluding hydrogens is 202 g/mol. The van der Waals surface area contributed by atoms with Crippen LogP contribution in [0.1, 0.15) is 21.7 Å². The third-order valence-electron chi connectivity index (χ3n) is 2.28. The molecule has 0 radical (unpaired) electrons. The minimum Gasteiger partial charge on any atom is -0.341 e. The molecule has 0 spiro atoms. The number of rotatable bonds is 3. The van der Waals surface area contributed by atoms with E-state index in [2.05, 4.69) is 4.98 Å². The molecule has 16 heavy (non-hydrogen) atoms. The molecule has 0 aromatic carbocycles. The minimum atomic E-state index is 0.386. The highest BCUT2D eigenvalue weighted by Crippen LogP contribution is 2.07. The zero-order chi connectivity index (χ0) is 11.4. The molecule has 0 atom stereocenters. The Balaban J connectivity index is 2.27. The Hall–Kier alpha value is -2.41. The number of pyridine rings is 1. The fourth-order valence-electron chi connectivity index (χ4n) is 1.51. The third-order valence-corrected chi connectivity index (χ3v) is 2.28. The molecule has 4 heteroatoms. The van der Waals surface area contributed by atoms with Crippen molar-refractivity contribution in [1.29, 1.82) is 5.26 Å². The first-order valence-corrected chi connectivity index (χ1v) is 4.79. The summed E-state index contributed by atoms with van der Waals surface area (Å²) in [6.45, 7) is 0.568. The van der Waals surface area contributed by atoms with Crippen LogP contribution in [0.2, 0.25) is 0 Å². The maximum absolute atomic E-state index is 10.7. The average molecular weight is 211 g/mol. The molecule has 0 aliphatic carbocycles. The first-order chi connectivity index (χ1) is 7.83. The fraction of sp³-hybridized carbons (Fsp3) is 0.0833. The van der Waals surface area contributed by atoms with Crippen molar-refractivity contribution >= 4 is 6.29 Å². The number of nitrogens with zero attached hydrogens (tertiary/aromatic N) is 3. The molecular formula is C12H9N3O. The monoisotopic (exact) mass is 211 g/mol. The van der Waals surface area contributed by atoms with Gasteiger partial charge < -0.3 is 4.57 Å². The Bertz CT molecular complexity index is 551. The van der Waals surface area contributed by atoms with E-state index in [1.807, 2.05) is 29.0 Å². The lowest BCUT2D eigenvalue weighted by Gasteiger charge is -2.05. The van der Waals surface area contributed by atoms with E-state index >= 15 is 0 Å². The molecule has 4 nitrogen and oxygen atoms in total. The smallest absolute Gasteiger partial charge is 0.166 e. The van der Waals surface area contributed by atoms with E-state index in [1.54, 1.807) is 18.3 Å². The molecule has 0 fully saturated rings. The van der Waals surface area contributed by atoms with Gasteiger partial charge in [0.2, 0.25) is 0 Å². The van der Waals surface area contributed by atoms with E-state index in [-0.39, 0.29) is 0 Å². The van der Waals surface area contributed by atoms with Crippen molar-refractivity contribution < 1.29 is 4.79 Å². The van der Waals surface area contributed by atoms with Gasteiger partial charge in [0.05, 0.1) is 5.69 Å². The highest BCUT2D eigenvalue weighted by molar-refractivity contribution is 5.72. The molecule has 0 amide bonds. The standard InChI is InChI=1S/C12H9N3O/c13-7-11-6-10(3-4-14-11)8-15-5-1-2-12(15)9-16/h1-6,9H,8H2. The second-order valence-electron chi connectivity index (χ2n) is 3.34. The SMILES string of the molecule is N#Cc1cc(Cn2cccc2C=O)ccn1. The first-order valence-electron chi connectivity index (χ1n) is 4.79. The van der Waals surface area contributed by atoms with Crippen LogP contribution < -0.4 is 0 Å². The summed E-state index contributed by atoms with van der Waals surface area (Å²) >= 11 is 0. The van der Waals surface area contributed by atoms with Gasteiger partial charge in [0, 0.05) is 18.9 Å². The predicted molar refractivity (Wildman–Crippen MR) is 57.9 cm³/mol. The summed E-state index contributed by atoms with van der Waals surface area (Å²) in [7, 11) is 0. The highest BCUT2D eigenvalue weighted by atomic mass is 16.1. The van der Waals surface area contributed by atoms with Crippen molar-refractivity contribution in [3.8, 4) is 6.07 Å². The van der Waals surface area contributed by atoms with Gasteiger partial charge in [-0.05, 0) is 29.8 Å². The summed E-state index contributed by atoms with van der Waals surface area (Å²) in [4.78, 5) is 14.6. The van der Waals surface area contributed by atoms with Gasteiger partial charge in [-0.3, -0.25) is 4.79 Å². The van der Waals surface area contributed by atoms with E-state index in [0.29, 0.717) is 17.9 Å². The third kappa shape index (κ3) is 1.98. The number of hydrogen-bond acceptors (Lipinski definition) is 3. The quantitative estimate of drug-likeness (QED) is 0.725. The minimum absolute atomic E-state index is 0.386. The summed E-state index contributed by atoms with van der Waals surface area (Å²) in [5.74, 6) is 0. The average Bonchev–Trinajstić information content (AvgIpc) is 2.76. The molecule has 0 aliphatic heterocycles. The first kappa shape index (κ1) is 10.1. The molecule has 0 saturated heterocycles. The van der Waals surface area contributed by atoms with Crippen LogP contribution in [0, 0.1) is 11.3 Å². The van der Waals surface area contributed by atoms with Crippen molar-refractivity contribution in [2.45, 2.75) is 6.54 Å². The molecule has 78 valence electrons. The van der Waals surface area contributed by atoms with Gasteiger partial charge >= 0.3 is 0 Å². The summed E-state index contributed by atoms with van der Waals surface area (Å²) < 4.78 is 1.82. The molecule has 2 heterocycles. The molecule has 0 N–H and O–H groups in total. The molecule has 2 rings (SSSR count). The van der Waals surface area contributed by atoms with Crippen molar-refractivity contribution in [3.63, 3.8) is 0 Å². The van der Waals surface area contributed by atoms with Crippen LogP contribution in [0.3, 0.4) is 0 Å². The van der Waals surface area contributed by atoms with E-state index in [4.69, 9.17) is 5.26 Å². The number of carbonyl (C=O) groups is 1. The zero-order valence-electron chi connectivity index (χ0n) is 8.50. The lowest BCUT2D eigenvalue weighted by molar-refractivity contribution is 0.111. The summed E-state index contributed by atoms with van der Waals surface area (Å²) in [6, 6.07) is 9.10. The predicted octanol–water partition coefficient (Wildman–Crippen LogP) is 1.62. The van der Waals surface area contributed by atoms with E-state index in [1.165, 1.54) is 0 Å². The van der Waals surface area contributed by atoms with Crippen molar-refractivity contribution in [1.82, 2.24) is 9.55 Å². The lowest BCUT2D eigenvalue weighted by atomic mass is 10.2. The number of aldehydes is 1. The maximum atomic E-state index is 10.7. The summed E-state index contributed by atoms with van der Waals surface area (Å²) in [5, 5.41) is 8.71. The van der Waals surface area contributed by atoms with Crippen molar-refractivity contribution in [2.24, 2.45) is 0 Å². The Labute approximate surface area is 92.8 Å². The normalized spacial score (nSPS) is 9.69. The largest absolute Gasteiger partial charge is 0.341 e. The van der Waals surface area contributed by atoms with Crippen LogP contribution in [0.15, 0.2) is 36.7 Å². The van der Waals surface area contributed by atoms with E-state index < -0.39 is 0 Å². The van der Waals surface area contributed by atoms with Crippen LogP contribution in [0.5, 0.6) is 0 Å². The van der Waals surface area contributed by atoms with Crippen LogP contribution in [0.4, 0.5) is 0 Å². The Kier molecular flexibility index (Phi) is 2.79. The number of nitriles is 1. The van der Waals surface area contributed by atoms with Gasteiger partial charge in [-0.2, -0.15) is 5.26 Å². The Morgan fingerprint density at radius 3 is 3.12 bits per heavy atom. The maximum Gasteiger partial charge on any atom is 0.166 e. The van der Waals surface area contributed by atoms with Gasteiger partial charge in [0.25, 0.3) is 0 Å². The molecule has 0 saturated carbocycles. The summed E-state index contributed by atoms with van der Waals surface area (Å²) in [5.41, 5.74) is 1.96. The van der Waals surface area contributed by atoms with Crippen molar-refractivity contribution in [2.75, 3.05) is 0 Å². The zero-order valence-corrected chi connectivity index (χ0v) is 8.50. The van der Waals surface area contributed by atoms with Crippen LogP contribution in [-0.2, 0) is 6.54 Å². The van der Waals surface area contributed by atoms with Gasteiger partial charge in [-0.1, -0.05) is 0 Å². The number of aromatic nitrogens is 2. The van der Waals surface area contributed by atoms with Crippen LogP contribution in [0.25, 0.3) is 0 Å². The van der Waals surface area contributed by atoms with Crippen LogP contribution in [-0.4, -0.2) is 15.8 Å². The van der Waals surface area contributed by atoms with Gasteiger partial charge in [-0.25, -0.2) is 4.98 Å². The van der Waals surface area contributed by atoms with E-state index in [0.717, 1.165) is 11.8 Å². The molecule has 2 aromatic rings. The second-order valence-corrected chi connectivity index (χ2v) is 3.34. The lowest BCUT2D eigenvalue weighted by Crippen LogP contribution is -2.02. The topological polar surface area (TPSA) is 58.7 Å². The van der Waals surface area contributed by atoms with Crippen LogP contribution >= 0.6 is 0 Å². The van der Waals surface area contributed by atoms with Gasteiger partial charge in [0.15, 0.2) is 6.29 Å². The van der Waals surface area contributed by atoms with Gasteiger partial charge in [-0.15, -0.1) is 0 Å². The van der Waals surface area contributed by atoms with Crippen molar-refractivity contribution in [3.05, 3.63) is 53.6 Å². The summed E-state index contributed by atoms with van der Waals surface area (Å²) in [6.07, 6.45) is 4.24. The molecule has 2 aromatic heterocycles. The number of hydrogen-bond donors (Lipinski definition) is 0. The number of carbonyl (C=O) groups excluding carboxylic acids is 1. The Morgan fingerprint density at radius 1 is 1.50 bits per heavy atom.